The van der Waals surface area contributed by atoms with Crippen LogP contribution in [0.1, 0.15) is 11.1 Å². The summed E-state index contributed by atoms with van der Waals surface area (Å²) in [5, 5.41) is 3.98. The Morgan fingerprint density at radius 2 is 2.22 bits per heavy atom. The molecule has 0 fully saturated rings. The summed E-state index contributed by atoms with van der Waals surface area (Å²) in [6.07, 6.45) is 4.82. The van der Waals surface area contributed by atoms with Gasteiger partial charge in [-0.1, -0.05) is 6.07 Å². The second kappa shape index (κ2) is 5.99. The van der Waals surface area contributed by atoms with Crippen molar-refractivity contribution in [3.8, 4) is 5.75 Å². The fourth-order valence-electron chi connectivity index (χ4n) is 2.01. The van der Waals surface area contributed by atoms with E-state index >= 15 is 0 Å². The smallest absolute Gasteiger partial charge is 0.387 e. The van der Waals surface area contributed by atoms with E-state index in [4.69, 9.17) is 4.74 Å². The van der Waals surface area contributed by atoms with Crippen molar-refractivity contribution in [1.29, 1.82) is 0 Å². The molecule has 2 aromatic rings. The van der Waals surface area contributed by atoms with Crippen molar-refractivity contribution >= 4 is 17.9 Å². The molecule has 118 valence electrons. The maximum atomic E-state index is 12.2. The van der Waals surface area contributed by atoms with Gasteiger partial charge in [-0.2, -0.15) is 13.9 Å². The standard InChI is InChI=1S/C15H11F2N3O3/c1-20-8-9(7-18-20)5-12-14(21)23-13(19-12)10-3-2-4-11(6-10)22-15(16)17/h2-8,15H,1H3/b12-5-. The molecule has 0 aliphatic carbocycles. The predicted molar refractivity (Wildman–Crippen MR) is 76.9 cm³/mol. The molecule has 2 heterocycles. The molecule has 0 unspecified atom stereocenters. The predicted octanol–water partition coefficient (Wildman–Crippen LogP) is 2.37. The molecule has 1 aliphatic heterocycles. The summed E-state index contributed by atoms with van der Waals surface area (Å²) in [5.41, 5.74) is 1.17. The van der Waals surface area contributed by atoms with E-state index in [-0.39, 0.29) is 17.3 Å². The minimum atomic E-state index is -2.93. The highest BCUT2D eigenvalue weighted by Gasteiger charge is 2.24. The van der Waals surface area contributed by atoms with Gasteiger partial charge in [0.1, 0.15) is 5.75 Å². The number of halogens is 2. The fourth-order valence-corrected chi connectivity index (χ4v) is 2.01. The average molecular weight is 319 g/mol. The summed E-state index contributed by atoms with van der Waals surface area (Å²) in [6, 6.07) is 5.79. The van der Waals surface area contributed by atoms with E-state index in [9.17, 15) is 13.6 Å². The van der Waals surface area contributed by atoms with Gasteiger partial charge >= 0.3 is 12.6 Å². The van der Waals surface area contributed by atoms with Gasteiger partial charge in [-0.15, -0.1) is 0 Å². The molecule has 0 saturated carbocycles. The minimum absolute atomic E-state index is 0.0323. The van der Waals surface area contributed by atoms with Crippen molar-refractivity contribution in [2.75, 3.05) is 0 Å². The topological polar surface area (TPSA) is 65.7 Å². The third-order valence-electron chi connectivity index (χ3n) is 2.95. The number of carbonyl (C=O) groups is 1. The van der Waals surface area contributed by atoms with Gasteiger partial charge in [-0.25, -0.2) is 9.79 Å². The molecule has 0 amide bonds. The number of esters is 1. The van der Waals surface area contributed by atoms with Gasteiger partial charge < -0.3 is 9.47 Å². The van der Waals surface area contributed by atoms with E-state index in [0.717, 1.165) is 0 Å². The third-order valence-corrected chi connectivity index (χ3v) is 2.95. The maximum absolute atomic E-state index is 12.2. The van der Waals surface area contributed by atoms with Crippen LogP contribution in [0.15, 0.2) is 47.3 Å². The van der Waals surface area contributed by atoms with Crippen molar-refractivity contribution in [3.05, 3.63) is 53.5 Å². The van der Waals surface area contributed by atoms with Crippen LogP contribution in [0.25, 0.3) is 6.08 Å². The third kappa shape index (κ3) is 3.42. The Morgan fingerprint density at radius 3 is 2.91 bits per heavy atom. The van der Waals surface area contributed by atoms with Crippen LogP contribution in [0, 0.1) is 0 Å². The number of hydrogen-bond acceptors (Lipinski definition) is 5. The zero-order chi connectivity index (χ0) is 16.4. The van der Waals surface area contributed by atoms with E-state index in [2.05, 4.69) is 14.8 Å². The zero-order valence-corrected chi connectivity index (χ0v) is 11.9. The van der Waals surface area contributed by atoms with E-state index in [1.165, 1.54) is 24.3 Å². The van der Waals surface area contributed by atoms with Crippen LogP contribution < -0.4 is 4.74 Å². The Labute approximate surface area is 129 Å². The lowest BCUT2D eigenvalue weighted by Gasteiger charge is -2.05. The van der Waals surface area contributed by atoms with Crippen molar-refractivity contribution < 1.29 is 23.0 Å². The molecule has 0 N–H and O–H groups in total. The number of ether oxygens (including phenoxy) is 2. The molecule has 0 atom stereocenters. The summed E-state index contributed by atoms with van der Waals surface area (Å²) in [4.78, 5) is 15.9. The van der Waals surface area contributed by atoms with E-state index in [0.29, 0.717) is 11.1 Å². The van der Waals surface area contributed by atoms with Gasteiger partial charge in [-0.3, -0.25) is 4.68 Å². The molecule has 0 spiro atoms. The second-order valence-corrected chi connectivity index (χ2v) is 4.69. The van der Waals surface area contributed by atoms with Gasteiger partial charge in [0.15, 0.2) is 5.70 Å². The maximum Gasteiger partial charge on any atom is 0.387 e. The van der Waals surface area contributed by atoms with Gasteiger partial charge in [0.2, 0.25) is 5.90 Å². The van der Waals surface area contributed by atoms with Crippen LogP contribution in [0.2, 0.25) is 0 Å². The lowest BCUT2D eigenvalue weighted by atomic mass is 10.2. The monoisotopic (exact) mass is 319 g/mol. The van der Waals surface area contributed by atoms with Gasteiger partial charge in [-0.05, 0) is 24.3 Å². The Kier molecular flexibility index (Phi) is 3.88. The summed E-state index contributed by atoms with van der Waals surface area (Å²) < 4.78 is 35.5. The Balaban J connectivity index is 1.88. The fraction of sp³-hybridized carbons (Fsp3) is 0.133. The summed E-state index contributed by atoms with van der Waals surface area (Å²) >= 11 is 0. The van der Waals surface area contributed by atoms with E-state index < -0.39 is 12.6 Å². The molecular formula is C15H11F2N3O3. The number of aromatic nitrogens is 2. The molecule has 8 heteroatoms. The Hall–Kier alpha value is -3.03. The molecule has 1 aromatic heterocycles. The van der Waals surface area contributed by atoms with Crippen LogP contribution in [0.4, 0.5) is 8.78 Å². The Bertz CT molecular complexity index is 812. The number of aryl methyl sites for hydroxylation is 1. The van der Waals surface area contributed by atoms with Crippen LogP contribution in [0.3, 0.4) is 0 Å². The number of rotatable bonds is 4. The number of benzene rings is 1. The van der Waals surface area contributed by atoms with Crippen LogP contribution in [-0.2, 0) is 16.6 Å². The molecule has 0 radical (unpaired) electrons. The second-order valence-electron chi connectivity index (χ2n) is 4.69. The number of alkyl halides is 2. The number of hydrogen-bond donors (Lipinski definition) is 0. The first kappa shape index (κ1) is 14.9. The molecule has 0 saturated heterocycles. The van der Waals surface area contributed by atoms with Crippen molar-refractivity contribution in [2.24, 2.45) is 12.0 Å². The molecular weight excluding hydrogens is 308 g/mol. The number of aliphatic imine (C=N–C) groups is 1. The van der Waals surface area contributed by atoms with Crippen molar-refractivity contribution in [3.63, 3.8) is 0 Å². The van der Waals surface area contributed by atoms with Gasteiger partial charge in [0, 0.05) is 24.4 Å². The molecule has 0 bridgehead atoms. The number of carbonyl (C=O) groups excluding carboxylic acids is 1. The first-order chi connectivity index (χ1) is 11.0. The minimum Gasteiger partial charge on any atom is -0.435 e. The number of nitrogens with zero attached hydrogens (tertiary/aromatic N) is 3. The molecule has 6 nitrogen and oxygen atoms in total. The average Bonchev–Trinajstić information content (AvgIpc) is 3.06. The van der Waals surface area contributed by atoms with E-state index in [1.54, 1.807) is 30.2 Å². The molecule has 3 rings (SSSR count). The van der Waals surface area contributed by atoms with Crippen LogP contribution in [-0.4, -0.2) is 28.3 Å². The molecule has 23 heavy (non-hydrogen) atoms. The first-order valence-electron chi connectivity index (χ1n) is 6.58. The normalized spacial score (nSPS) is 15.9. The SMILES string of the molecule is Cn1cc(/C=C2\N=C(c3cccc(OC(F)F)c3)OC2=O)cn1. The highest BCUT2D eigenvalue weighted by atomic mass is 19.3. The lowest BCUT2D eigenvalue weighted by molar-refractivity contribution is -0.129. The van der Waals surface area contributed by atoms with E-state index in [1.807, 2.05) is 0 Å². The summed E-state index contributed by atoms with van der Waals surface area (Å²) in [6.45, 7) is -2.93. The van der Waals surface area contributed by atoms with Crippen LogP contribution >= 0.6 is 0 Å². The lowest BCUT2D eigenvalue weighted by Crippen LogP contribution is -2.07. The Morgan fingerprint density at radius 1 is 1.39 bits per heavy atom. The van der Waals surface area contributed by atoms with Gasteiger partial charge in [0.25, 0.3) is 0 Å². The largest absolute Gasteiger partial charge is 0.435 e. The first-order valence-corrected chi connectivity index (χ1v) is 6.58. The van der Waals surface area contributed by atoms with Crippen LogP contribution in [0.5, 0.6) is 5.75 Å². The van der Waals surface area contributed by atoms with Crippen molar-refractivity contribution in [1.82, 2.24) is 9.78 Å². The molecule has 1 aromatic carbocycles. The van der Waals surface area contributed by atoms with Gasteiger partial charge in [0.05, 0.1) is 6.20 Å². The van der Waals surface area contributed by atoms with Crippen molar-refractivity contribution in [2.45, 2.75) is 6.61 Å². The molecule has 1 aliphatic rings. The number of cyclic esters (lactones) is 1. The zero-order valence-electron chi connectivity index (χ0n) is 11.9. The quantitative estimate of drug-likeness (QED) is 0.641. The highest BCUT2D eigenvalue weighted by molar-refractivity contribution is 6.12. The highest BCUT2D eigenvalue weighted by Crippen LogP contribution is 2.22. The summed E-state index contributed by atoms with van der Waals surface area (Å²) in [7, 11) is 1.75. The summed E-state index contributed by atoms with van der Waals surface area (Å²) in [5.74, 6) is -0.630.